The monoisotopic (exact) mass is 311 g/mol. The standard InChI is InChI=1S/C15H25N3O2S/c1-15(2)5-7-17(8-6-15)21(19,20)14-9-13(10-16)18(11-14)12-3-4-12/h9,11-12H,3-8,10,16H2,1-2H3. The minimum atomic E-state index is -3.37. The Morgan fingerprint density at radius 1 is 1.29 bits per heavy atom. The van der Waals surface area contributed by atoms with Crippen LogP contribution in [0.5, 0.6) is 0 Å². The van der Waals surface area contributed by atoms with Crippen LogP contribution in [0.15, 0.2) is 17.2 Å². The van der Waals surface area contributed by atoms with Gasteiger partial charge in [-0.05, 0) is 37.2 Å². The maximum Gasteiger partial charge on any atom is 0.244 e. The van der Waals surface area contributed by atoms with Crippen molar-refractivity contribution < 1.29 is 8.42 Å². The Hall–Kier alpha value is -0.850. The Labute approximate surface area is 127 Å². The van der Waals surface area contributed by atoms with Gasteiger partial charge in [-0.2, -0.15) is 4.31 Å². The van der Waals surface area contributed by atoms with Crippen LogP contribution in [0.3, 0.4) is 0 Å². The van der Waals surface area contributed by atoms with Gasteiger partial charge in [0, 0.05) is 37.6 Å². The molecular formula is C15H25N3O2S. The molecule has 0 bridgehead atoms. The molecule has 0 amide bonds. The molecule has 2 aliphatic rings. The highest BCUT2D eigenvalue weighted by molar-refractivity contribution is 7.89. The number of nitrogens with zero attached hydrogens (tertiary/aromatic N) is 2. The zero-order valence-corrected chi connectivity index (χ0v) is 13.7. The molecule has 0 spiro atoms. The summed E-state index contributed by atoms with van der Waals surface area (Å²) in [6, 6.07) is 2.21. The molecule has 3 rings (SSSR count). The zero-order valence-electron chi connectivity index (χ0n) is 12.9. The molecule has 0 radical (unpaired) electrons. The van der Waals surface area contributed by atoms with E-state index < -0.39 is 10.0 Å². The van der Waals surface area contributed by atoms with Gasteiger partial charge in [0.2, 0.25) is 10.0 Å². The Bertz CT molecular complexity index is 619. The summed E-state index contributed by atoms with van der Waals surface area (Å²) in [5.41, 5.74) is 6.93. The fourth-order valence-electron chi connectivity index (χ4n) is 2.97. The molecule has 1 saturated carbocycles. The number of piperidine rings is 1. The molecule has 5 nitrogen and oxygen atoms in total. The first-order valence-corrected chi connectivity index (χ1v) is 9.18. The number of nitrogens with two attached hydrogens (primary N) is 1. The van der Waals surface area contributed by atoms with Gasteiger partial charge in [0.25, 0.3) is 0 Å². The van der Waals surface area contributed by atoms with Crippen LogP contribution in [0.4, 0.5) is 0 Å². The van der Waals surface area contributed by atoms with Gasteiger partial charge in [-0.1, -0.05) is 13.8 Å². The normalized spacial score (nSPS) is 23.4. The predicted octanol–water partition coefficient (Wildman–Crippen LogP) is 2.09. The Balaban J connectivity index is 1.85. The second-order valence-corrected chi connectivity index (χ2v) is 9.02. The predicted molar refractivity (Wildman–Crippen MR) is 82.4 cm³/mol. The summed E-state index contributed by atoms with van der Waals surface area (Å²) in [7, 11) is -3.37. The van der Waals surface area contributed by atoms with E-state index in [-0.39, 0.29) is 5.41 Å². The smallest absolute Gasteiger partial charge is 0.244 e. The van der Waals surface area contributed by atoms with Crippen molar-refractivity contribution in [3.63, 3.8) is 0 Å². The van der Waals surface area contributed by atoms with Gasteiger partial charge in [0.1, 0.15) is 4.90 Å². The van der Waals surface area contributed by atoms with Crippen molar-refractivity contribution in [2.45, 2.75) is 57.0 Å². The number of aromatic nitrogens is 1. The lowest BCUT2D eigenvalue weighted by Gasteiger charge is -2.35. The van der Waals surface area contributed by atoms with Crippen molar-refractivity contribution in [1.82, 2.24) is 8.87 Å². The molecule has 6 heteroatoms. The Kier molecular flexibility index (Phi) is 3.66. The van der Waals surface area contributed by atoms with Gasteiger partial charge in [-0.15, -0.1) is 0 Å². The summed E-state index contributed by atoms with van der Waals surface area (Å²) in [4.78, 5) is 0.412. The molecule has 2 heterocycles. The Morgan fingerprint density at radius 3 is 2.43 bits per heavy atom. The fourth-order valence-corrected chi connectivity index (χ4v) is 4.47. The molecule has 1 aliphatic carbocycles. The van der Waals surface area contributed by atoms with Gasteiger partial charge in [0.15, 0.2) is 0 Å². The maximum absolute atomic E-state index is 12.8. The second kappa shape index (κ2) is 5.11. The van der Waals surface area contributed by atoms with Crippen molar-refractivity contribution in [1.29, 1.82) is 0 Å². The largest absolute Gasteiger partial charge is 0.346 e. The van der Waals surface area contributed by atoms with Gasteiger partial charge in [-0.3, -0.25) is 0 Å². The molecular weight excluding hydrogens is 286 g/mol. The summed E-state index contributed by atoms with van der Waals surface area (Å²) in [6.45, 7) is 6.02. The highest BCUT2D eigenvalue weighted by Gasteiger charge is 2.34. The summed E-state index contributed by atoms with van der Waals surface area (Å²) in [6.07, 6.45) is 5.87. The third-order valence-electron chi connectivity index (χ3n) is 4.77. The van der Waals surface area contributed by atoms with E-state index in [2.05, 4.69) is 18.4 Å². The van der Waals surface area contributed by atoms with Crippen molar-refractivity contribution >= 4 is 10.0 Å². The first-order valence-electron chi connectivity index (χ1n) is 7.74. The molecule has 0 atom stereocenters. The summed E-state index contributed by atoms with van der Waals surface area (Å²) >= 11 is 0. The number of rotatable bonds is 4. The van der Waals surface area contributed by atoms with Gasteiger partial charge >= 0.3 is 0 Å². The molecule has 1 saturated heterocycles. The fraction of sp³-hybridized carbons (Fsp3) is 0.733. The second-order valence-electron chi connectivity index (χ2n) is 7.08. The summed E-state index contributed by atoms with van der Waals surface area (Å²) in [5, 5.41) is 0. The molecule has 1 aliphatic heterocycles. The molecule has 1 aromatic rings. The summed E-state index contributed by atoms with van der Waals surface area (Å²) < 4.78 is 29.3. The lowest BCUT2D eigenvalue weighted by atomic mass is 9.83. The van der Waals surface area contributed by atoms with Crippen LogP contribution >= 0.6 is 0 Å². The quantitative estimate of drug-likeness (QED) is 0.926. The molecule has 2 N–H and O–H groups in total. The highest BCUT2D eigenvalue weighted by Crippen LogP contribution is 2.38. The molecule has 1 aromatic heterocycles. The van der Waals surface area contributed by atoms with E-state index in [1.165, 1.54) is 0 Å². The van der Waals surface area contributed by atoms with Crippen molar-refractivity contribution in [3.8, 4) is 0 Å². The average molecular weight is 311 g/mol. The molecule has 0 unspecified atom stereocenters. The number of hydrogen-bond donors (Lipinski definition) is 1. The van der Waals surface area contributed by atoms with Gasteiger partial charge in [0.05, 0.1) is 0 Å². The first-order chi connectivity index (χ1) is 9.83. The lowest BCUT2D eigenvalue weighted by Crippen LogP contribution is -2.40. The van der Waals surface area contributed by atoms with Crippen molar-refractivity contribution in [2.24, 2.45) is 11.1 Å². The van der Waals surface area contributed by atoms with Crippen molar-refractivity contribution in [2.75, 3.05) is 13.1 Å². The molecule has 21 heavy (non-hydrogen) atoms. The van der Waals surface area contributed by atoms with Crippen LogP contribution in [0.25, 0.3) is 0 Å². The minimum absolute atomic E-state index is 0.244. The van der Waals surface area contributed by atoms with E-state index in [1.807, 2.05) is 0 Å². The SMILES string of the molecule is CC1(C)CCN(S(=O)(=O)c2cc(CN)n(C3CC3)c2)CC1. The Morgan fingerprint density at radius 2 is 1.90 bits per heavy atom. The summed E-state index contributed by atoms with van der Waals surface area (Å²) in [5.74, 6) is 0. The van der Waals surface area contributed by atoms with Crippen LogP contribution in [-0.4, -0.2) is 30.4 Å². The zero-order chi connectivity index (χ0) is 15.3. The third-order valence-corrected chi connectivity index (χ3v) is 6.63. The van der Waals surface area contributed by atoms with Gasteiger partial charge in [-0.25, -0.2) is 8.42 Å². The van der Waals surface area contributed by atoms with Crippen molar-refractivity contribution in [3.05, 3.63) is 18.0 Å². The van der Waals surface area contributed by atoms with E-state index in [0.717, 1.165) is 31.4 Å². The third kappa shape index (κ3) is 2.89. The van der Waals surface area contributed by atoms with Gasteiger partial charge < -0.3 is 10.3 Å². The number of sulfonamides is 1. The maximum atomic E-state index is 12.8. The van der Waals surface area contributed by atoms with Crippen LogP contribution in [0, 0.1) is 5.41 Å². The van der Waals surface area contributed by atoms with Crippen LogP contribution in [0.2, 0.25) is 0 Å². The first kappa shape index (κ1) is 15.1. The lowest BCUT2D eigenvalue weighted by molar-refractivity contribution is 0.196. The van der Waals surface area contributed by atoms with E-state index in [0.29, 0.717) is 30.6 Å². The topological polar surface area (TPSA) is 68.3 Å². The minimum Gasteiger partial charge on any atom is -0.346 e. The van der Waals surface area contributed by atoms with Crippen LogP contribution in [0.1, 0.15) is 51.3 Å². The number of hydrogen-bond acceptors (Lipinski definition) is 3. The highest BCUT2D eigenvalue weighted by atomic mass is 32.2. The average Bonchev–Trinajstić information content (AvgIpc) is 3.17. The van der Waals surface area contributed by atoms with E-state index in [9.17, 15) is 8.42 Å². The van der Waals surface area contributed by atoms with E-state index in [1.54, 1.807) is 16.6 Å². The van der Waals surface area contributed by atoms with Crippen LogP contribution < -0.4 is 5.73 Å². The molecule has 2 fully saturated rings. The van der Waals surface area contributed by atoms with E-state index >= 15 is 0 Å². The van der Waals surface area contributed by atoms with Crippen LogP contribution in [-0.2, 0) is 16.6 Å². The molecule has 118 valence electrons. The molecule has 0 aromatic carbocycles. The van der Waals surface area contributed by atoms with E-state index in [4.69, 9.17) is 5.73 Å².